The Morgan fingerprint density at radius 1 is 1.09 bits per heavy atom. The highest BCUT2D eigenvalue weighted by Crippen LogP contribution is 2.28. The summed E-state index contributed by atoms with van der Waals surface area (Å²) in [7, 11) is 1.27. The summed E-state index contributed by atoms with van der Waals surface area (Å²) in [5.41, 5.74) is 3.35. The van der Waals surface area contributed by atoms with Crippen molar-refractivity contribution < 1.29 is 28.6 Å². The van der Waals surface area contributed by atoms with E-state index in [9.17, 15) is 14.4 Å². The predicted octanol–water partition coefficient (Wildman–Crippen LogP) is 3.20. The number of esters is 1. The van der Waals surface area contributed by atoms with E-state index in [0.29, 0.717) is 28.7 Å². The second-order valence-electron chi connectivity index (χ2n) is 7.41. The molecule has 1 atom stereocenters. The van der Waals surface area contributed by atoms with Crippen LogP contribution in [0.1, 0.15) is 36.7 Å². The van der Waals surface area contributed by atoms with Crippen LogP contribution in [0.3, 0.4) is 0 Å². The zero-order valence-electron chi connectivity index (χ0n) is 19.5. The number of benzene rings is 2. The van der Waals surface area contributed by atoms with Crippen molar-refractivity contribution in [2.24, 2.45) is 11.0 Å². The second-order valence-corrected chi connectivity index (χ2v) is 7.82. The molecule has 9 nitrogen and oxygen atoms in total. The van der Waals surface area contributed by atoms with Crippen molar-refractivity contribution in [2.45, 2.75) is 26.8 Å². The van der Waals surface area contributed by atoms with E-state index in [0.717, 1.165) is 0 Å². The van der Waals surface area contributed by atoms with Gasteiger partial charge in [0, 0.05) is 0 Å². The maximum atomic E-state index is 12.7. The third-order valence-electron chi connectivity index (χ3n) is 4.58. The monoisotopic (exact) mass is 489 g/mol. The van der Waals surface area contributed by atoms with Crippen LogP contribution in [0.5, 0.6) is 11.5 Å². The Kier molecular flexibility index (Phi) is 10.3. The lowest BCUT2D eigenvalue weighted by Gasteiger charge is -2.20. The van der Waals surface area contributed by atoms with Crippen LogP contribution >= 0.6 is 11.6 Å². The minimum Gasteiger partial charge on any atom is -0.490 e. The molecule has 0 fully saturated rings. The highest BCUT2D eigenvalue weighted by molar-refractivity contribution is 6.33. The molecule has 0 radical (unpaired) electrons. The van der Waals surface area contributed by atoms with Crippen LogP contribution in [0.15, 0.2) is 47.6 Å². The smallest absolute Gasteiger partial charge is 0.343 e. The van der Waals surface area contributed by atoms with Gasteiger partial charge in [0.1, 0.15) is 6.04 Å². The van der Waals surface area contributed by atoms with Crippen LogP contribution in [0.2, 0.25) is 5.02 Å². The molecule has 0 aliphatic carbocycles. The van der Waals surface area contributed by atoms with E-state index in [-0.39, 0.29) is 18.1 Å². The van der Waals surface area contributed by atoms with E-state index in [4.69, 9.17) is 21.1 Å². The molecule has 1 unspecified atom stereocenters. The third-order valence-corrected chi connectivity index (χ3v) is 4.91. The fourth-order valence-corrected chi connectivity index (χ4v) is 3.05. The summed E-state index contributed by atoms with van der Waals surface area (Å²) >= 11 is 6.08. The zero-order valence-corrected chi connectivity index (χ0v) is 20.2. The third kappa shape index (κ3) is 7.77. The maximum absolute atomic E-state index is 12.7. The molecule has 2 rings (SSSR count). The van der Waals surface area contributed by atoms with Crippen molar-refractivity contribution in [1.82, 2.24) is 10.7 Å². The van der Waals surface area contributed by atoms with Gasteiger partial charge < -0.3 is 19.5 Å². The number of ether oxygens (including phenoxy) is 3. The van der Waals surface area contributed by atoms with E-state index in [1.807, 2.05) is 20.8 Å². The van der Waals surface area contributed by atoms with Gasteiger partial charge in [-0.05, 0) is 48.7 Å². The zero-order chi connectivity index (χ0) is 25.1. The SMILES string of the molecule is CCOc1cc(/C=N/NC(=O)C(NC(=O)c2ccccc2Cl)C(C)C)ccc1OCC(=O)OC. The van der Waals surface area contributed by atoms with Gasteiger partial charge in [0.25, 0.3) is 11.8 Å². The molecule has 0 aromatic heterocycles. The molecule has 34 heavy (non-hydrogen) atoms. The van der Waals surface area contributed by atoms with E-state index < -0.39 is 23.8 Å². The van der Waals surface area contributed by atoms with Crippen LogP contribution in [0.25, 0.3) is 0 Å². The summed E-state index contributed by atoms with van der Waals surface area (Å²) in [6.07, 6.45) is 1.43. The Morgan fingerprint density at radius 2 is 1.82 bits per heavy atom. The number of carbonyl (C=O) groups is 3. The summed E-state index contributed by atoms with van der Waals surface area (Å²) in [6, 6.07) is 10.7. The van der Waals surface area contributed by atoms with Crippen molar-refractivity contribution >= 4 is 35.6 Å². The van der Waals surface area contributed by atoms with Gasteiger partial charge in [0.15, 0.2) is 18.1 Å². The van der Waals surface area contributed by atoms with Gasteiger partial charge in [0.05, 0.1) is 30.5 Å². The number of nitrogens with zero attached hydrogens (tertiary/aromatic N) is 1. The van der Waals surface area contributed by atoms with E-state index in [1.165, 1.54) is 13.3 Å². The fourth-order valence-electron chi connectivity index (χ4n) is 2.83. The first-order valence-electron chi connectivity index (χ1n) is 10.6. The lowest BCUT2D eigenvalue weighted by molar-refractivity contribution is -0.142. The predicted molar refractivity (Wildman–Crippen MR) is 128 cm³/mol. The van der Waals surface area contributed by atoms with Gasteiger partial charge in [-0.3, -0.25) is 9.59 Å². The van der Waals surface area contributed by atoms with Crippen molar-refractivity contribution in [3.8, 4) is 11.5 Å². The number of rotatable bonds is 11. The first-order chi connectivity index (χ1) is 16.3. The number of hydrogen-bond acceptors (Lipinski definition) is 7. The molecule has 0 heterocycles. The van der Waals surface area contributed by atoms with Gasteiger partial charge in [-0.15, -0.1) is 0 Å². The lowest BCUT2D eigenvalue weighted by Crippen LogP contribution is -2.48. The second kappa shape index (κ2) is 13.2. The van der Waals surface area contributed by atoms with Crippen LogP contribution in [-0.2, 0) is 14.3 Å². The largest absolute Gasteiger partial charge is 0.490 e. The number of nitrogens with one attached hydrogen (secondary N) is 2. The van der Waals surface area contributed by atoms with Gasteiger partial charge in [-0.2, -0.15) is 5.10 Å². The van der Waals surface area contributed by atoms with Crippen molar-refractivity contribution in [3.05, 3.63) is 58.6 Å². The topological polar surface area (TPSA) is 115 Å². The molecule has 0 spiro atoms. The molecule has 0 saturated heterocycles. The molecule has 2 N–H and O–H groups in total. The van der Waals surface area contributed by atoms with E-state index in [2.05, 4.69) is 20.6 Å². The van der Waals surface area contributed by atoms with Gasteiger partial charge in [0.2, 0.25) is 0 Å². The van der Waals surface area contributed by atoms with E-state index >= 15 is 0 Å². The number of carbonyl (C=O) groups excluding carboxylic acids is 3. The first kappa shape index (κ1) is 26.7. The van der Waals surface area contributed by atoms with Crippen LogP contribution < -0.4 is 20.2 Å². The minimum absolute atomic E-state index is 0.197. The Labute approximate surface area is 203 Å². The highest BCUT2D eigenvalue weighted by atomic mass is 35.5. The molecule has 0 aliphatic heterocycles. The van der Waals surface area contributed by atoms with Crippen LogP contribution in [-0.4, -0.2) is 50.4 Å². The molecule has 2 amide bonds. The summed E-state index contributed by atoms with van der Waals surface area (Å²) < 4.78 is 15.5. The van der Waals surface area contributed by atoms with Gasteiger partial charge in [-0.1, -0.05) is 37.6 Å². The summed E-state index contributed by atoms with van der Waals surface area (Å²) in [6.45, 7) is 5.56. The quantitative estimate of drug-likeness (QED) is 0.284. The Bertz CT molecular complexity index is 1040. The number of methoxy groups -OCH3 is 1. The molecule has 182 valence electrons. The highest BCUT2D eigenvalue weighted by Gasteiger charge is 2.25. The molecule has 0 bridgehead atoms. The van der Waals surface area contributed by atoms with Crippen molar-refractivity contribution in [2.75, 3.05) is 20.3 Å². The molecular weight excluding hydrogens is 462 g/mol. The molecule has 0 aliphatic rings. The fraction of sp³-hybridized carbons (Fsp3) is 0.333. The van der Waals surface area contributed by atoms with E-state index in [1.54, 1.807) is 42.5 Å². The average Bonchev–Trinajstić information content (AvgIpc) is 2.81. The molecule has 2 aromatic carbocycles. The number of amides is 2. The van der Waals surface area contributed by atoms with Crippen molar-refractivity contribution in [3.63, 3.8) is 0 Å². The Hall–Kier alpha value is -3.59. The average molecular weight is 490 g/mol. The normalized spacial score (nSPS) is 11.7. The lowest BCUT2D eigenvalue weighted by atomic mass is 10.0. The molecule has 10 heteroatoms. The standard InChI is InChI=1S/C24H28ClN3O6/c1-5-33-20-12-16(10-11-19(20)34-14-21(29)32-4)13-26-28-24(31)22(15(2)3)27-23(30)17-8-6-7-9-18(17)25/h6-13,15,22H,5,14H2,1-4H3,(H,27,30)(H,28,31)/b26-13+. The van der Waals surface area contributed by atoms with Crippen LogP contribution in [0, 0.1) is 5.92 Å². The van der Waals surface area contributed by atoms with Gasteiger partial charge in [-0.25, -0.2) is 10.2 Å². The number of hydrazone groups is 1. The number of hydrogen-bond donors (Lipinski definition) is 2. The molecule has 0 saturated carbocycles. The minimum atomic E-state index is -0.825. The first-order valence-corrected chi connectivity index (χ1v) is 11.0. The number of halogens is 1. The maximum Gasteiger partial charge on any atom is 0.343 e. The Balaban J connectivity index is 2.06. The van der Waals surface area contributed by atoms with Crippen LogP contribution in [0.4, 0.5) is 0 Å². The Morgan fingerprint density at radius 3 is 2.47 bits per heavy atom. The van der Waals surface area contributed by atoms with Gasteiger partial charge >= 0.3 is 5.97 Å². The molecule has 2 aromatic rings. The summed E-state index contributed by atoms with van der Waals surface area (Å²) in [4.78, 5) is 36.5. The van der Waals surface area contributed by atoms with Crippen molar-refractivity contribution in [1.29, 1.82) is 0 Å². The molecular formula is C24H28ClN3O6. The summed E-state index contributed by atoms with van der Waals surface area (Å²) in [5.74, 6) is -0.860. The summed E-state index contributed by atoms with van der Waals surface area (Å²) in [5, 5.41) is 6.98.